The first-order valence-electron chi connectivity index (χ1n) is 7.36. The minimum absolute atomic E-state index is 0.0217. The molecule has 0 aliphatic carbocycles. The van der Waals surface area contributed by atoms with Gasteiger partial charge in [-0.1, -0.05) is 11.6 Å². The summed E-state index contributed by atoms with van der Waals surface area (Å²) in [6, 6.07) is 8.34. The number of benzene rings is 2. The number of amides is 1. The van der Waals surface area contributed by atoms with Gasteiger partial charge in [0.05, 0.1) is 17.1 Å². The predicted octanol–water partition coefficient (Wildman–Crippen LogP) is 3.99. The van der Waals surface area contributed by atoms with Crippen LogP contribution < -0.4 is 5.32 Å². The van der Waals surface area contributed by atoms with Gasteiger partial charge in [0.15, 0.2) is 0 Å². The van der Waals surface area contributed by atoms with E-state index in [4.69, 9.17) is 16.3 Å². The highest BCUT2D eigenvalue weighted by Gasteiger charge is 2.19. The molecule has 0 bridgehead atoms. The first-order valence-corrected chi connectivity index (χ1v) is 7.73. The first-order chi connectivity index (χ1) is 11.8. The molecule has 25 heavy (non-hydrogen) atoms. The molecule has 2 aromatic carbocycles. The minimum atomic E-state index is -0.733. The van der Waals surface area contributed by atoms with Crippen LogP contribution in [0.2, 0.25) is 5.02 Å². The van der Waals surface area contributed by atoms with Gasteiger partial charge in [-0.2, -0.15) is 0 Å². The van der Waals surface area contributed by atoms with Gasteiger partial charge in [-0.05, 0) is 43.7 Å². The van der Waals surface area contributed by atoms with Crippen molar-refractivity contribution in [2.24, 2.45) is 0 Å². The van der Waals surface area contributed by atoms with Crippen molar-refractivity contribution >= 4 is 34.9 Å². The van der Waals surface area contributed by atoms with Crippen LogP contribution in [0.4, 0.5) is 11.4 Å². The Kier molecular flexibility index (Phi) is 5.71. The lowest BCUT2D eigenvalue weighted by molar-refractivity contribution is -0.384. The molecular formula is C17H15ClN2O5. The van der Waals surface area contributed by atoms with E-state index in [0.29, 0.717) is 10.7 Å². The molecule has 2 aromatic rings. The van der Waals surface area contributed by atoms with E-state index in [1.807, 2.05) is 0 Å². The molecular weight excluding hydrogens is 348 g/mol. The lowest BCUT2D eigenvalue weighted by Crippen LogP contribution is -2.15. The number of hydrogen-bond acceptors (Lipinski definition) is 5. The predicted molar refractivity (Wildman–Crippen MR) is 93.2 cm³/mol. The Morgan fingerprint density at radius 1 is 1.20 bits per heavy atom. The molecule has 0 spiro atoms. The van der Waals surface area contributed by atoms with Gasteiger partial charge in [0, 0.05) is 28.4 Å². The fraction of sp³-hybridized carbons (Fsp3) is 0.176. The molecule has 0 aliphatic rings. The third-order valence-corrected chi connectivity index (χ3v) is 3.57. The molecule has 2 rings (SSSR count). The van der Waals surface area contributed by atoms with Crippen LogP contribution in [0.1, 0.15) is 33.2 Å². The SMILES string of the molecule is CCOC(=O)c1cc(C(=O)Nc2ccc(Cl)cc2C)cc([N+](=O)[O-])c1. The van der Waals surface area contributed by atoms with Gasteiger partial charge >= 0.3 is 5.97 Å². The molecule has 0 heterocycles. The molecule has 0 aliphatic heterocycles. The molecule has 1 N–H and O–H groups in total. The smallest absolute Gasteiger partial charge is 0.338 e. The fourth-order valence-electron chi connectivity index (χ4n) is 2.14. The Balaban J connectivity index is 2.37. The van der Waals surface area contributed by atoms with E-state index in [1.54, 1.807) is 32.0 Å². The number of nitrogens with one attached hydrogen (secondary N) is 1. The Labute approximate surface area is 148 Å². The normalized spacial score (nSPS) is 10.2. The number of carbonyl (C=O) groups is 2. The Morgan fingerprint density at radius 3 is 2.48 bits per heavy atom. The summed E-state index contributed by atoms with van der Waals surface area (Å²) < 4.78 is 4.84. The highest BCUT2D eigenvalue weighted by Crippen LogP contribution is 2.22. The lowest BCUT2D eigenvalue weighted by atomic mass is 10.1. The number of esters is 1. The highest BCUT2D eigenvalue weighted by molar-refractivity contribution is 6.30. The van der Waals surface area contributed by atoms with Gasteiger partial charge in [-0.15, -0.1) is 0 Å². The minimum Gasteiger partial charge on any atom is -0.462 e. The van der Waals surface area contributed by atoms with E-state index in [1.165, 1.54) is 6.07 Å². The van der Waals surface area contributed by atoms with Crippen molar-refractivity contribution in [3.8, 4) is 0 Å². The molecule has 0 fully saturated rings. The zero-order valence-corrected chi connectivity index (χ0v) is 14.3. The van der Waals surface area contributed by atoms with Crippen molar-refractivity contribution in [2.75, 3.05) is 11.9 Å². The van der Waals surface area contributed by atoms with E-state index in [9.17, 15) is 19.7 Å². The Hall–Kier alpha value is -2.93. The van der Waals surface area contributed by atoms with Gasteiger partial charge in [-0.3, -0.25) is 14.9 Å². The maximum Gasteiger partial charge on any atom is 0.338 e. The summed E-state index contributed by atoms with van der Waals surface area (Å²) in [7, 11) is 0. The summed E-state index contributed by atoms with van der Waals surface area (Å²) in [5.41, 5.74) is 0.791. The lowest BCUT2D eigenvalue weighted by Gasteiger charge is -2.10. The number of ether oxygens (including phenoxy) is 1. The van der Waals surface area contributed by atoms with Crippen molar-refractivity contribution in [3.05, 3.63) is 68.2 Å². The van der Waals surface area contributed by atoms with Gasteiger partial charge < -0.3 is 10.1 Å². The van der Waals surface area contributed by atoms with E-state index in [-0.39, 0.29) is 23.4 Å². The second-order valence-corrected chi connectivity index (χ2v) is 5.60. The van der Waals surface area contributed by atoms with Gasteiger partial charge in [0.2, 0.25) is 0 Å². The molecule has 7 nitrogen and oxygen atoms in total. The maximum absolute atomic E-state index is 12.4. The fourth-order valence-corrected chi connectivity index (χ4v) is 2.37. The number of nitro benzene ring substituents is 1. The molecule has 0 aromatic heterocycles. The van der Waals surface area contributed by atoms with Crippen LogP contribution in [0.25, 0.3) is 0 Å². The number of halogens is 1. The van der Waals surface area contributed by atoms with Gasteiger partial charge in [0.25, 0.3) is 11.6 Å². The average Bonchev–Trinajstić information content (AvgIpc) is 2.57. The molecule has 1 amide bonds. The zero-order chi connectivity index (χ0) is 18.6. The van der Waals surface area contributed by atoms with Crippen molar-refractivity contribution in [3.63, 3.8) is 0 Å². The number of rotatable bonds is 5. The molecule has 0 unspecified atom stereocenters. The van der Waals surface area contributed by atoms with Crippen LogP contribution in [0.5, 0.6) is 0 Å². The average molecular weight is 363 g/mol. The van der Waals surface area contributed by atoms with Crippen LogP contribution in [0.3, 0.4) is 0 Å². The highest BCUT2D eigenvalue weighted by atomic mass is 35.5. The van der Waals surface area contributed by atoms with E-state index in [2.05, 4.69) is 5.32 Å². The number of non-ortho nitro benzene ring substituents is 1. The number of aryl methyl sites for hydroxylation is 1. The van der Waals surface area contributed by atoms with Crippen LogP contribution in [-0.4, -0.2) is 23.4 Å². The zero-order valence-electron chi connectivity index (χ0n) is 13.5. The van der Waals surface area contributed by atoms with Gasteiger partial charge in [0.1, 0.15) is 0 Å². The number of nitro groups is 1. The number of carbonyl (C=O) groups excluding carboxylic acids is 2. The van der Waals surface area contributed by atoms with Crippen LogP contribution in [0.15, 0.2) is 36.4 Å². The second-order valence-electron chi connectivity index (χ2n) is 5.16. The summed E-state index contributed by atoms with van der Waals surface area (Å²) in [6.07, 6.45) is 0. The van der Waals surface area contributed by atoms with Gasteiger partial charge in [-0.25, -0.2) is 4.79 Å². The maximum atomic E-state index is 12.4. The summed E-state index contributed by atoms with van der Waals surface area (Å²) in [5.74, 6) is -1.32. The van der Waals surface area contributed by atoms with E-state index >= 15 is 0 Å². The van der Waals surface area contributed by atoms with Crippen LogP contribution in [0, 0.1) is 17.0 Å². The van der Waals surface area contributed by atoms with E-state index in [0.717, 1.165) is 17.7 Å². The quantitative estimate of drug-likeness (QED) is 0.492. The topological polar surface area (TPSA) is 98.5 Å². The molecule has 8 heteroatoms. The Bertz CT molecular complexity index is 851. The molecule has 0 saturated carbocycles. The number of nitrogens with zero attached hydrogens (tertiary/aromatic N) is 1. The monoisotopic (exact) mass is 362 g/mol. The first kappa shape index (κ1) is 18.4. The van der Waals surface area contributed by atoms with Crippen molar-refractivity contribution in [1.82, 2.24) is 0 Å². The number of anilines is 1. The molecule has 0 atom stereocenters. The second kappa shape index (κ2) is 7.76. The summed E-state index contributed by atoms with van der Waals surface area (Å²) in [6.45, 7) is 3.50. The largest absolute Gasteiger partial charge is 0.462 e. The van der Waals surface area contributed by atoms with Crippen LogP contribution >= 0.6 is 11.6 Å². The third kappa shape index (κ3) is 4.54. The van der Waals surface area contributed by atoms with Crippen molar-refractivity contribution < 1.29 is 19.2 Å². The summed E-state index contributed by atoms with van der Waals surface area (Å²) in [4.78, 5) is 34.7. The van der Waals surface area contributed by atoms with Crippen molar-refractivity contribution in [2.45, 2.75) is 13.8 Å². The summed E-state index contributed by atoms with van der Waals surface area (Å²) in [5, 5.41) is 14.2. The van der Waals surface area contributed by atoms with Crippen molar-refractivity contribution in [1.29, 1.82) is 0 Å². The summed E-state index contributed by atoms with van der Waals surface area (Å²) >= 11 is 5.87. The molecule has 130 valence electrons. The van der Waals surface area contributed by atoms with Crippen LogP contribution in [-0.2, 0) is 4.74 Å². The number of hydrogen-bond donors (Lipinski definition) is 1. The Morgan fingerprint density at radius 2 is 1.88 bits per heavy atom. The molecule has 0 saturated heterocycles. The third-order valence-electron chi connectivity index (χ3n) is 3.34. The van der Waals surface area contributed by atoms with E-state index < -0.39 is 16.8 Å². The standard InChI is InChI=1S/C17H15ClN2O5/c1-3-25-17(22)12-7-11(8-14(9-12)20(23)24)16(21)19-15-5-4-13(18)6-10(15)2/h4-9H,3H2,1-2H3,(H,19,21). The molecule has 0 radical (unpaired) electrons.